The fourth-order valence-corrected chi connectivity index (χ4v) is 6.60. The molecule has 0 radical (unpaired) electrons. The maximum Gasteiger partial charge on any atom is 0.243 e. The predicted molar refractivity (Wildman–Crippen MR) is 143 cm³/mol. The van der Waals surface area contributed by atoms with Crippen molar-refractivity contribution in [1.82, 2.24) is 33.9 Å². The molecular weight excluding hydrogens is 504 g/mol. The van der Waals surface area contributed by atoms with Gasteiger partial charge in [0.15, 0.2) is 0 Å². The number of aromatic nitrogens is 5. The Labute approximate surface area is 221 Å². The van der Waals surface area contributed by atoms with Crippen LogP contribution in [0.4, 0.5) is 0 Å². The lowest BCUT2D eigenvalue weighted by Crippen LogP contribution is -2.37. The molecule has 1 fully saturated rings. The molecule has 0 spiro atoms. The van der Waals surface area contributed by atoms with E-state index in [4.69, 9.17) is 11.3 Å². The van der Waals surface area contributed by atoms with Crippen molar-refractivity contribution in [3.8, 4) is 17.0 Å². The number of hydrogen-bond donors (Lipinski definition) is 1. The number of sulfonamides is 1. The van der Waals surface area contributed by atoms with Crippen molar-refractivity contribution in [1.29, 1.82) is 0 Å². The predicted octanol–water partition coefficient (Wildman–Crippen LogP) is 3.00. The lowest BCUT2D eigenvalue weighted by Gasteiger charge is -2.24. The highest BCUT2D eigenvalue weighted by molar-refractivity contribution is 7.89. The van der Waals surface area contributed by atoms with E-state index in [2.05, 4.69) is 29.8 Å². The molecule has 11 nitrogen and oxygen atoms in total. The molecule has 0 bridgehead atoms. The molecule has 1 atom stereocenters. The quantitative estimate of drug-likeness (QED) is 0.346. The van der Waals surface area contributed by atoms with Gasteiger partial charge in [0.1, 0.15) is 23.8 Å². The van der Waals surface area contributed by atoms with E-state index in [-0.39, 0.29) is 17.5 Å². The molecule has 1 aliphatic rings. The summed E-state index contributed by atoms with van der Waals surface area (Å²) in [6, 6.07) is 6.89. The molecule has 198 valence electrons. The van der Waals surface area contributed by atoms with Gasteiger partial charge in [-0.1, -0.05) is 6.07 Å². The summed E-state index contributed by atoms with van der Waals surface area (Å²) in [7, 11) is -2.13. The van der Waals surface area contributed by atoms with E-state index in [0.717, 1.165) is 28.8 Å². The van der Waals surface area contributed by atoms with Crippen LogP contribution in [-0.4, -0.2) is 88.7 Å². The van der Waals surface area contributed by atoms with Crippen molar-refractivity contribution in [3.63, 3.8) is 0 Å². The van der Waals surface area contributed by atoms with Gasteiger partial charge >= 0.3 is 0 Å². The van der Waals surface area contributed by atoms with E-state index in [0.29, 0.717) is 43.9 Å². The summed E-state index contributed by atoms with van der Waals surface area (Å²) in [5.41, 5.74) is 3.09. The molecule has 12 heteroatoms. The fourth-order valence-electron chi connectivity index (χ4n) is 4.89. The van der Waals surface area contributed by atoms with Gasteiger partial charge in [0.2, 0.25) is 16.6 Å². The highest BCUT2D eigenvalue weighted by atomic mass is 32.2. The minimum atomic E-state index is -3.66. The Morgan fingerprint density at radius 1 is 1.18 bits per heavy atom. The number of aromatic amines is 1. The smallest absolute Gasteiger partial charge is 0.243 e. The van der Waals surface area contributed by atoms with E-state index in [9.17, 15) is 8.42 Å². The van der Waals surface area contributed by atoms with Gasteiger partial charge in [0, 0.05) is 55.6 Å². The summed E-state index contributed by atoms with van der Waals surface area (Å²) < 4.78 is 35.6. The van der Waals surface area contributed by atoms with Crippen LogP contribution >= 0.6 is 0 Å². The van der Waals surface area contributed by atoms with Gasteiger partial charge in [-0.05, 0) is 37.6 Å². The molecule has 0 aliphatic carbocycles. The normalized spacial score (nSPS) is 16.2. The zero-order valence-electron chi connectivity index (χ0n) is 21.4. The minimum Gasteiger partial charge on any atom is -0.497 e. The topological polar surface area (TPSA) is 114 Å². The van der Waals surface area contributed by atoms with Crippen molar-refractivity contribution in [3.05, 3.63) is 66.2 Å². The number of ether oxygens (including phenoxy) is 1. The first-order valence-corrected chi connectivity index (χ1v) is 13.9. The highest BCUT2D eigenvalue weighted by Crippen LogP contribution is 2.27. The Morgan fingerprint density at radius 2 is 2.05 bits per heavy atom. The molecule has 1 saturated heterocycles. The minimum absolute atomic E-state index is 0.173. The van der Waals surface area contributed by atoms with E-state index in [1.807, 2.05) is 23.1 Å². The fraction of sp³-hybridized carbons (Fsp3) is 0.385. The first kappa shape index (κ1) is 25.8. The zero-order valence-corrected chi connectivity index (χ0v) is 22.2. The second-order valence-electron chi connectivity index (χ2n) is 9.36. The molecule has 4 heterocycles. The largest absolute Gasteiger partial charge is 0.497 e. The van der Waals surface area contributed by atoms with Crippen LogP contribution in [0.25, 0.3) is 27.1 Å². The molecular formula is C26H30N8O3S. The number of methoxy groups -OCH3 is 1. The second-order valence-corrected chi connectivity index (χ2v) is 11.3. The molecule has 1 unspecified atom stereocenters. The van der Waals surface area contributed by atoms with Gasteiger partial charge in [-0.25, -0.2) is 25.0 Å². The average Bonchev–Trinajstić information content (AvgIpc) is 3.54. The first-order chi connectivity index (χ1) is 18.4. The van der Waals surface area contributed by atoms with Crippen LogP contribution in [-0.2, 0) is 10.0 Å². The lowest BCUT2D eigenvalue weighted by atomic mass is 10.2. The molecule has 0 amide bonds. The van der Waals surface area contributed by atoms with Gasteiger partial charge in [0.05, 0.1) is 23.9 Å². The van der Waals surface area contributed by atoms with E-state index < -0.39 is 10.0 Å². The third kappa shape index (κ3) is 5.13. The summed E-state index contributed by atoms with van der Waals surface area (Å²) in [6.45, 7) is 12.3. The summed E-state index contributed by atoms with van der Waals surface area (Å²) in [6.07, 6.45) is 7.73. The maximum atomic E-state index is 13.5. The Balaban J connectivity index is 1.30. The van der Waals surface area contributed by atoms with E-state index in [1.54, 1.807) is 35.6 Å². The monoisotopic (exact) mass is 534 g/mol. The van der Waals surface area contributed by atoms with Gasteiger partial charge in [-0.3, -0.25) is 9.58 Å². The van der Waals surface area contributed by atoms with Crippen LogP contribution < -0.4 is 4.74 Å². The summed E-state index contributed by atoms with van der Waals surface area (Å²) in [5, 5.41) is 5.48. The van der Waals surface area contributed by atoms with Crippen molar-refractivity contribution < 1.29 is 13.2 Å². The van der Waals surface area contributed by atoms with Crippen molar-refractivity contribution in [2.75, 3.05) is 46.4 Å². The number of fused-ring (bicyclic) bond motifs is 1. The van der Waals surface area contributed by atoms with Crippen LogP contribution in [0.5, 0.6) is 5.75 Å². The molecule has 1 aliphatic heterocycles. The zero-order chi connectivity index (χ0) is 26.7. The van der Waals surface area contributed by atoms with Crippen LogP contribution in [0.1, 0.15) is 18.0 Å². The summed E-state index contributed by atoms with van der Waals surface area (Å²) >= 11 is 0. The number of aryl methyl sites for hydroxylation is 1. The average molecular weight is 535 g/mol. The number of H-pyrrole nitrogens is 1. The van der Waals surface area contributed by atoms with Crippen LogP contribution in [0.15, 0.2) is 54.1 Å². The standard InChI is InChI=1S/C26H30N8O3S/c1-19-5-6-22(37-3)13-24(19)38(35,36)33-10-4-9-32(11-12-33)17-21(15-27-2)34-16-20(14-31-34)25-23-7-8-28-26(23)30-18-29-25/h5-8,13-14,16,18,21H,4,9-12,15,17H2,1,3H3,(H,28,29,30). The van der Waals surface area contributed by atoms with Crippen LogP contribution in [0.3, 0.4) is 0 Å². The number of benzene rings is 1. The lowest BCUT2D eigenvalue weighted by molar-refractivity contribution is 0.240. The number of nitrogens with one attached hydrogen (secondary N) is 1. The van der Waals surface area contributed by atoms with E-state index >= 15 is 0 Å². The summed E-state index contributed by atoms with van der Waals surface area (Å²) in [5.74, 6) is 0.519. The van der Waals surface area contributed by atoms with Gasteiger partial charge in [-0.2, -0.15) is 9.40 Å². The number of hydrogen-bond acceptors (Lipinski definition) is 7. The van der Waals surface area contributed by atoms with Gasteiger partial charge in [-0.15, -0.1) is 0 Å². The van der Waals surface area contributed by atoms with Crippen molar-refractivity contribution in [2.45, 2.75) is 24.3 Å². The van der Waals surface area contributed by atoms with Crippen LogP contribution in [0, 0.1) is 13.5 Å². The highest BCUT2D eigenvalue weighted by Gasteiger charge is 2.30. The molecule has 3 aromatic heterocycles. The number of rotatable bonds is 8. The molecule has 4 aromatic rings. The Kier molecular flexibility index (Phi) is 7.42. The Bertz CT molecular complexity index is 1570. The maximum absolute atomic E-state index is 13.5. The Morgan fingerprint density at radius 3 is 2.87 bits per heavy atom. The molecule has 0 saturated carbocycles. The third-order valence-electron chi connectivity index (χ3n) is 6.93. The van der Waals surface area contributed by atoms with Gasteiger partial charge in [0.25, 0.3) is 0 Å². The van der Waals surface area contributed by atoms with Gasteiger partial charge < -0.3 is 14.6 Å². The van der Waals surface area contributed by atoms with E-state index in [1.165, 1.54) is 13.4 Å². The van der Waals surface area contributed by atoms with Crippen LogP contribution in [0.2, 0.25) is 0 Å². The van der Waals surface area contributed by atoms with Crippen molar-refractivity contribution >= 4 is 21.1 Å². The number of nitrogens with zero attached hydrogens (tertiary/aromatic N) is 7. The molecule has 1 aromatic carbocycles. The molecule has 1 N–H and O–H groups in total. The summed E-state index contributed by atoms with van der Waals surface area (Å²) in [4.78, 5) is 17.9. The van der Waals surface area contributed by atoms with Crippen molar-refractivity contribution in [2.24, 2.45) is 0 Å². The SMILES string of the molecule is [C-]#[N+]CC(CN1CCCN(S(=O)(=O)c2cc(OC)ccc2C)CC1)n1cc(-c2ncnc3[nH]ccc23)cn1. The Hall–Kier alpha value is -3.79. The molecule has 5 rings (SSSR count). The second kappa shape index (κ2) is 10.9. The molecule has 38 heavy (non-hydrogen) atoms. The first-order valence-electron chi connectivity index (χ1n) is 12.4. The third-order valence-corrected chi connectivity index (χ3v) is 8.98.